The van der Waals surface area contributed by atoms with Gasteiger partial charge in [0, 0.05) is 11.6 Å². The van der Waals surface area contributed by atoms with Crippen LogP contribution in [0.1, 0.15) is 41.3 Å². The Bertz CT molecular complexity index is 1160. The summed E-state index contributed by atoms with van der Waals surface area (Å²) < 4.78 is 0. The fraction of sp³-hybridized carbons (Fsp3) is 0.115. The molecule has 0 aromatic heterocycles. The molecule has 0 bridgehead atoms. The summed E-state index contributed by atoms with van der Waals surface area (Å²) >= 11 is 0. The smallest absolute Gasteiger partial charge is 0.121 e. The molecular formula is C26H22N2O. The molecule has 3 heteroatoms. The zero-order chi connectivity index (χ0) is 20.2. The topological polar surface area (TPSA) is 56.0 Å². The number of phenolic OH excluding ortho intramolecular Hbond substituents is 1. The first-order valence-corrected chi connectivity index (χ1v) is 9.69. The molecule has 4 rings (SSSR count). The van der Waals surface area contributed by atoms with Crippen molar-refractivity contribution in [1.82, 2.24) is 5.32 Å². The molecule has 0 saturated heterocycles. The van der Waals surface area contributed by atoms with Crippen LogP contribution in [-0.4, -0.2) is 5.11 Å². The van der Waals surface area contributed by atoms with Crippen molar-refractivity contribution < 1.29 is 5.11 Å². The molecule has 142 valence electrons. The zero-order valence-electron chi connectivity index (χ0n) is 16.2. The van der Waals surface area contributed by atoms with E-state index in [0.717, 1.165) is 21.9 Å². The van der Waals surface area contributed by atoms with Crippen molar-refractivity contribution in [1.29, 1.82) is 5.26 Å². The molecule has 29 heavy (non-hydrogen) atoms. The summed E-state index contributed by atoms with van der Waals surface area (Å²) in [6, 6.07) is 31.6. The van der Waals surface area contributed by atoms with Crippen LogP contribution in [0.3, 0.4) is 0 Å². The lowest BCUT2D eigenvalue weighted by molar-refractivity contribution is 0.449. The lowest BCUT2D eigenvalue weighted by atomic mass is 9.91. The highest BCUT2D eigenvalue weighted by molar-refractivity contribution is 5.88. The van der Waals surface area contributed by atoms with Gasteiger partial charge in [-0.3, -0.25) is 5.32 Å². The van der Waals surface area contributed by atoms with Gasteiger partial charge in [-0.1, -0.05) is 72.8 Å². The van der Waals surface area contributed by atoms with Gasteiger partial charge in [0.05, 0.1) is 17.7 Å². The number of benzene rings is 4. The second kappa shape index (κ2) is 8.18. The van der Waals surface area contributed by atoms with Crippen molar-refractivity contribution in [3.8, 4) is 11.8 Å². The summed E-state index contributed by atoms with van der Waals surface area (Å²) in [6.45, 7) is 2.12. The van der Waals surface area contributed by atoms with E-state index in [0.29, 0.717) is 5.56 Å². The van der Waals surface area contributed by atoms with Gasteiger partial charge < -0.3 is 5.11 Å². The molecule has 4 aromatic carbocycles. The molecule has 0 amide bonds. The predicted molar refractivity (Wildman–Crippen MR) is 117 cm³/mol. The first-order valence-electron chi connectivity index (χ1n) is 9.69. The molecule has 0 radical (unpaired) electrons. The summed E-state index contributed by atoms with van der Waals surface area (Å²) in [4.78, 5) is 0. The van der Waals surface area contributed by atoms with E-state index in [9.17, 15) is 5.11 Å². The van der Waals surface area contributed by atoms with Gasteiger partial charge in [-0.15, -0.1) is 0 Å². The van der Waals surface area contributed by atoms with Crippen molar-refractivity contribution in [3.63, 3.8) is 0 Å². The average Bonchev–Trinajstić information content (AvgIpc) is 2.78. The number of rotatable bonds is 5. The van der Waals surface area contributed by atoms with E-state index < -0.39 is 0 Å². The normalized spacial score (nSPS) is 13.0. The van der Waals surface area contributed by atoms with Crippen molar-refractivity contribution >= 4 is 10.8 Å². The Balaban J connectivity index is 1.84. The Morgan fingerprint density at radius 2 is 1.48 bits per heavy atom. The van der Waals surface area contributed by atoms with Gasteiger partial charge in [-0.2, -0.15) is 5.26 Å². The first-order chi connectivity index (χ1) is 14.2. The third-order valence-electron chi connectivity index (χ3n) is 5.33. The molecule has 0 unspecified atom stereocenters. The van der Waals surface area contributed by atoms with Crippen LogP contribution in [-0.2, 0) is 0 Å². The molecule has 0 aliphatic carbocycles. The van der Waals surface area contributed by atoms with Gasteiger partial charge in [0.25, 0.3) is 0 Å². The van der Waals surface area contributed by atoms with Gasteiger partial charge in [0.2, 0.25) is 0 Å². The van der Waals surface area contributed by atoms with Crippen LogP contribution in [0.5, 0.6) is 5.75 Å². The van der Waals surface area contributed by atoms with Crippen molar-refractivity contribution in [2.24, 2.45) is 0 Å². The number of nitrogens with one attached hydrogen (secondary N) is 1. The van der Waals surface area contributed by atoms with E-state index in [1.165, 1.54) is 5.56 Å². The van der Waals surface area contributed by atoms with E-state index >= 15 is 0 Å². The summed E-state index contributed by atoms with van der Waals surface area (Å²) in [6.07, 6.45) is 0. The molecule has 0 aliphatic heterocycles. The van der Waals surface area contributed by atoms with Gasteiger partial charge in [-0.25, -0.2) is 0 Å². The number of nitrogens with zero attached hydrogens (tertiary/aromatic N) is 1. The van der Waals surface area contributed by atoms with E-state index in [-0.39, 0.29) is 17.8 Å². The Morgan fingerprint density at radius 3 is 2.21 bits per heavy atom. The number of phenols is 1. The minimum Gasteiger partial charge on any atom is -0.508 e. The Labute approximate surface area is 170 Å². The molecule has 0 heterocycles. The first kappa shape index (κ1) is 18.7. The maximum atomic E-state index is 10.8. The summed E-state index contributed by atoms with van der Waals surface area (Å²) in [7, 11) is 0. The van der Waals surface area contributed by atoms with E-state index in [4.69, 9.17) is 5.26 Å². The number of fused-ring (bicyclic) bond motifs is 1. The Kier molecular flexibility index (Phi) is 5.29. The molecule has 0 fully saturated rings. The molecule has 3 nitrogen and oxygen atoms in total. The second-order valence-electron chi connectivity index (χ2n) is 7.19. The van der Waals surface area contributed by atoms with Gasteiger partial charge in [0.15, 0.2) is 0 Å². The SMILES string of the molecule is C[C@@H](N[C@H](c1ccc(C#N)cc1)c1c(O)ccc2ccccc12)c1ccccc1. The van der Waals surface area contributed by atoms with Crippen LogP contribution >= 0.6 is 0 Å². The monoisotopic (exact) mass is 378 g/mol. The molecule has 2 atom stereocenters. The van der Waals surface area contributed by atoms with E-state index in [2.05, 4.69) is 36.5 Å². The van der Waals surface area contributed by atoms with Crippen molar-refractivity contribution in [2.75, 3.05) is 0 Å². The highest BCUT2D eigenvalue weighted by Gasteiger charge is 2.22. The Morgan fingerprint density at radius 1 is 0.793 bits per heavy atom. The predicted octanol–water partition coefficient (Wildman–Crippen LogP) is 5.86. The second-order valence-corrected chi connectivity index (χ2v) is 7.19. The third kappa shape index (κ3) is 3.85. The van der Waals surface area contributed by atoms with Crippen LogP contribution in [0, 0.1) is 11.3 Å². The molecule has 0 aliphatic rings. The molecule has 2 N–H and O–H groups in total. The number of nitriles is 1. The fourth-order valence-corrected chi connectivity index (χ4v) is 3.77. The van der Waals surface area contributed by atoms with Gasteiger partial charge in [0.1, 0.15) is 5.75 Å². The van der Waals surface area contributed by atoms with Crippen molar-refractivity contribution in [2.45, 2.75) is 19.0 Å². The number of hydrogen-bond acceptors (Lipinski definition) is 3. The summed E-state index contributed by atoms with van der Waals surface area (Å²) in [5.41, 5.74) is 3.63. The highest BCUT2D eigenvalue weighted by Crippen LogP contribution is 2.37. The van der Waals surface area contributed by atoms with E-state index in [1.54, 1.807) is 6.07 Å². The van der Waals surface area contributed by atoms with Crippen LogP contribution < -0.4 is 5.32 Å². The number of aromatic hydroxyl groups is 1. The summed E-state index contributed by atoms with van der Waals surface area (Å²) in [5, 5.41) is 25.8. The average molecular weight is 378 g/mol. The maximum Gasteiger partial charge on any atom is 0.121 e. The van der Waals surface area contributed by atoms with Crippen LogP contribution in [0.2, 0.25) is 0 Å². The fourth-order valence-electron chi connectivity index (χ4n) is 3.77. The van der Waals surface area contributed by atoms with Crippen LogP contribution in [0.25, 0.3) is 10.8 Å². The van der Waals surface area contributed by atoms with Crippen molar-refractivity contribution in [3.05, 3.63) is 113 Å². The molecule has 0 saturated carbocycles. The zero-order valence-corrected chi connectivity index (χ0v) is 16.2. The standard InChI is InChI=1S/C26H22N2O/c1-18(20-7-3-2-4-8-20)28-26(22-13-11-19(17-27)12-14-22)25-23-10-6-5-9-21(23)15-16-24(25)29/h2-16,18,26,28-29H,1H3/t18-,26-/m1/s1. The highest BCUT2D eigenvalue weighted by atomic mass is 16.3. The summed E-state index contributed by atoms with van der Waals surface area (Å²) in [5.74, 6) is 0.255. The minimum absolute atomic E-state index is 0.0650. The maximum absolute atomic E-state index is 10.8. The molecular weight excluding hydrogens is 356 g/mol. The van der Waals surface area contributed by atoms with Gasteiger partial charge >= 0.3 is 0 Å². The van der Waals surface area contributed by atoms with Gasteiger partial charge in [-0.05, 0) is 47.0 Å². The molecule has 0 spiro atoms. The quantitative estimate of drug-likeness (QED) is 0.457. The van der Waals surface area contributed by atoms with Crippen LogP contribution in [0.4, 0.5) is 0 Å². The Hall–Kier alpha value is -3.61. The minimum atomic E-state index is -0.232. The number of hydrogen-bond donors (Lipinski definition) is 2. The third-order valence-corrected chi connectivity index (χ3v) is 5.33. The van der Waals surface area contributed by atoms with Crippen LogP contribution in [0.15, 0.2) is 91.0 Å². The lowest BCUT2D eigenvalue weighted by Gasteiger charge is -2.26. The molecule has 4 aromatic rings. The largest absolute Gasteiger partial charge is 0.508 e. The van der Waals surface area contributed by atoms with E-state index in [1.807, 2.05) is 66.7 Å². The lowest BCUT2D eigenvalue weighted by Crippen LogP contribution is -2.26.